The smallest absolute Gasteiger partial charge is 0.310 e. The van der Waals surface area contributed by atoms with Gasteiger partial charge >= 0.3 is 5.97 Å². The van der Waals surface area contributed by atoms with Crippen LogP contribution in [0.1, 0.15) is 41.4 Å². The van der Waals surface area contributed by atoms with Crippen molar-refractivity contribution in [2.75, 3.05) is 5.32 Å². The zero-order valence-corrected chi connectivity index (χ0v) is 11.9. The van der Waals surface area contributed by atoms with Crippen molar-refractivity contribution in [1.29, 1.82) is 0 Å². The predicted octanol–water partition coefficient (Wildman–Crippen LogP) is 3.28. The molecule has 2 N–H and O–H groups in total. The number of carbonyl (C=O) groups excluding carboxylic acids is 1. The van der Waals surface area contributed by atoms with Gasteiger partial charge in [0.15, 0.2) is 0 Å². The Morgan fingerprint density at radius 3 is 2.48 bits per heavy atom. The van der Waals surface area contributed by atoms with Gasteiger partial charge in [0, 0.05) is 12.1 Å². The number of aliphatic carboxylic acids is 1. The topological polar surface area (TPSA) is 79.5 Å². The normalized spacial score (nSPS) is 11.9. The molecule has 1 amide bonds. The molecule has 110 valence electrons. The third-order valence-electron chi connectivity index (χ3n) is 3.35. The van der Waals surface area contributed by atoms with Crippen LogP contribution in [0.3, 0.4) is 0 Å². The number of aryl methyl sites for hydroxylation is 1. The van der Waals surface area contributed by atoms with Gasteiger partial charge in [0.25, 0.3) is 5.91 Å². The van der Waals surface area contributed by atoms with Crippen molar-refractivity contribution < 1.29 is 19.1 Å². The summed E-state index contributed by atoms with van der Waals surface area (Å²) in [6.07, 6.45) is 2.14. The van der Waals surface area contributed by atoms with Gasteiger partial charge in [0.1, 0.15) is 5.76 Å². The van der Waals surface area contributed by atoms with E-state index in [0.717, 1.165) is 0 Å². The third-order valence-corrected chi connectivity index (χ3v) is 3.35. The van der Waals surface area contributed by atoms with Crippen molar-refractivity contribution >= 4 is 17.6 Å². The molecule has 0 radical (unpaired) electrons. The number of nitrogens with one attached hydrogen (secondary N) is 1. The van der Waals surface area contributed by atoms with Crippen molar-refractivity contribution in [3.05, 3.63) is 53.5 Å². The Morgan fingerprint density at radius 1 is 1.24 bits per heavy atom. The lowest BCUT2D eigenvalue weighted by atomic mass is 10.0. The number of rotatable bonds is 5. The first-order chi connectivity index (χ1) is 10.0. The van der Waals surface area contributed by atoms with E-state index in [0.29, 0.717) is 29.0 Å². The fourth-order valence-electron chi connectivity index (χ4n) is 2.01. The molecular formula is C16H17NO4. The molecule has 0 saturated carbocycles. The second kappa shape index (κ2) is 6.26. The van der Waals surface area contributed by atoms with Crippen molar-refractivity contribution in [3.63, 3.8) is 0 Å². The number of amides is 1. The Kier molecular flexibility index (Phi) is 4.42. The van der Waals surface area contributed by atoms with Crippen LogP contribution in [0.15, 0.2) is 41.0 Å². The summed E-state index contributed by atoms with van der Waals surface area (Å²) >= 11 is 0. The van der Waals surface area contributed by atoms with E-state index in [4.69, 9.17) is 9.52 Å². The van der Waals surface area contributed by atoms with Crippen molar-refractivity contribution in [2.24, 2.45) is 0 Å². The Morgan fingerprint density at radius 2 is 1.90 bits per heavy atom. The van der Waals surface area contributed by atoms with Crippen LogP contribution in [0.4, 0.5) is 5.69 Å². The summed E-state index contributed by atoms with van der Waals surface area (Å²) in [4.78, 5) is 23.0. The van der Waals surface area contributed by atoms with Gasteiger partial charge in [-0.25, -0.2) is 0 Å². The number of carboxylic acid groups (broad SMARTS) is 1. The van der Waals surface area contributed by atoms with Crippen LogP contribution in [0.2, 0.25) is 0 Å². The van der Waals surface area contributed by atoms with Crippen LogP contribution in [-0.4, -0.2) is 17.0 Å². The zero-order chi connectivity index (χ0) is 15.4. The molecule has 0 spiro atoms. The maximum atomic E-state index is 12.1. The van der Waals surface area contributed by atoms with Crippen molar-refractivity contribution in [2.45, 2.75) is 26.2 Å². The van der Waals surface area contributed by atoms with Gasteiger partial charge < -0.3 is 14.8 Å². The second-order valence-electron chi connectivity index (χ2n) is 4.75. The molecule has 1 atom stereocenters. The summed E-state index contributed by atoms with van der Waals surface area (Å²) < 4.78 is 5.22. The Balaban J connectivity index is 2.10. The number of carbonyl (C=O) groups is 2. The van der Waals surface area contributed by atoms with E-state index >= 15 is 0 Å². The number of furan rings is 1. The van der Waals surface area contributed by atoms with E-state index in [1.807, 2.05) is 6.92 Å². The van der Waals surface area contributed by atoms with Gasteiger partial charge in [-0.2, -0.15) is 0 Å². The molecule has 2 rings (SSSR count). The molecule has 1 heterocycles. The molecule has 2 aromatic rings. The lowest BCUT2D eigenvalue weighted by Gasteiger charge is -2.09. The maximum Gasteiger partial charge on any atom is 0.310 e. The predicted molar refractivity (Wildman–Crippen MR) is 78.5 cm³/mol. The summed E-state index contributed by atoms with van der Waals surface area (Å²) in [5, 5.41) is 11.7. The molecule has 0 aliphatic rings. The van der Waals surface area contributed by atoms with Gasteiger partial charge in [0.05, 0.1) is 17.7 Å². The summed E-state index contributed by atoms with van der Waals surface area (Å²) in [7, 11) is 0. The molecule has 1 aromatic heterocycles. The first-order valence-corrected chi connectivity index (χ1v) is 6.73. The van der Waals surface area contributed by atoms with E-state index in [9.17, 15) is 9.59 Å². The first kappa shape index (κ1) is 14.8. The molecular weight excluding hydrogens is 270 g/mol. The highest BCUT2D eigenvalue weighted by molar-refractivity contribution is 6.04. The summed E-state index contributed by atoms with van der Waals surface area (Å²) in [5.41, 5.74) is 1.82. The Labute approximate surface area is 122 Å². The highest BCUT2D eigenvalue weighted by Gasteiger charge is 2.15. The van der Waals surface area contributed by atoms with E-state index in [1.165, 1.54) is 6.26 Å². The van der Waals surface area contributed by atoms with E-state index < -0.39 is 11.9 Å². The third kappa shape index (κ3) is 3.31. The molecule has 0 aliphatic carbocycles. The molecule has 1 unspecified atom stereocenters. The lowest BCUT2D eigenvalue weighted by molar-refractivity contribution is -0.138. The van der Waals surface area contributed by atoms with Crippen molar-refractivity contribution in [1.82, 2.24) is 0 Å². The molecule has 5 nitrogen and oxygen atoms in total. The minimum atomic E-state index is -0.877. The molecule has 0 bridgehead atoms. The molecule has 1 aromatic carbocycles. The summed E-state index contributed by atoms with van der Waals surface area (Å²) in [5.74, 6) is -1.05. The Bertz CT molecular complexity index is 643. The molecule has 21 heavy (non-hydrogen) atoms. The first-order valence-electron chi connectivity index (χ1n) is 6.73. The van der Waals surface area contributed by atoms with Crippen LogP contribution in [-0.2, 0) is 11.2 Å². The van der Waals surface area contributed by atoms with Crippen LogP contribution >= 0.6 is 0 Å². The van der Waals surface area contributed by atoms with Crippen LogP contribution in [0, 0.1) is 0 Å². The van der Waals surface area contributed by atoms with E-state index in [-0.39, 0.29) is 5.91 Å². The number of hydrogen-bond acceptors (Lipinski definition) is 3. The average molecular weight is 287 g/mol. The quantitative estimate of drug-likeness (QED) is 0.884. The largest absolute Gasteiger partial charge is 0.481 e. The number of anilines is 1. The molecule has 0 aliphatic heterocycles. The molecule has 0 saturated heterocycles. The fraction of sp³-hybridized carbons (Fsp3) is 0.250. The van der Waals surface area contributed by atoms with E-state index in [2.05, 4.69) is 5.32 Å². The van der Waals surface area contributed by atoms with Crippen LogP contribution < -0.4 is 5.32 Å². The standard InChI is InChI=1S/C16H17NO4/c1-3-14-13(8-9-21-14)15(18)17-12-6-4-11(5-7-12)10(2)16(19)20/h4-10H,3H2,1-2H3,(H,17,18)(H,19,20). The summed E-state index contributed by atoms with van der Waals surface area (Å²) in [6.45, 7) is 3.53. The number of hydrogen-bond donors (Lipinski definition) is 2. The van der Waals surface area contributed by atoms with Gasteiger partial charge in [0.2, 0.25) is 0 Å². The highest BCUT2D eigenvalue weighted by atomic mass is 16.4. The minimum absolute atomic E-state index is 0.236. The average Bonchev–Trinajstić information content (AvgIpc) is 2.95. The summed E-state index contributed by atoms with van der Waals surface area (Å²) in [6, 6.07) is 8.42. The van der Waals surface area contributed by atoms with Gasteiger partial charge in [-0.15, -0.1) is 0 Å². The molecule has 0 fully saturated rings. The van der Waals surface area contributed by atoms with Gasteiger partial charge in [-0.1, -0.05) is 19.1 Å². The number of carboxylic acids is 1. The lowest BCUT2D eigenvalue weighted by Crippen LogP contribution is -2.13. The highest BCUT2D eigenvalue weighted by Crippen LogP contribution is 2.19. The van der Waals surface area contributed by atoms with Crippen molar-refractivity contribution in [3.8, 4) is 0 Å². The maximum absolute atomic E-state index is 12.1. The van der Waals surface area contributed by atoms with Gasteiger partial charge in [-0.05, 0) is 30.7 Å². The SMILES string of the molecule is CCc1occc1C(=O)Nc1ccc(C(C)C(=O)O)cc1. The van der Waals surface area contributed by atoms with Crippen LogP contribution in [0.25, 0.3) is 0 Å². The van der Waals surface area contributed by atoms with E-state index in [1.54, 1.807) is 37.3 Å². The Hall–Kier alpha value is -2.56. The monoisotopic (exact) mass is 287 g/mol. The molecule has 5 heteroatoms. The second-order valence-corrected chi connectivity index (χ2v) is 4.75. The zero-order valence-electron chi connectivity index (χ0n) is 11.9. The van der Waals surface area contributed by atoms with Gasteiger partial charge in [-0.3, -0.25) is 9.59 Å². The number of benzene rings is 1. The minimum Gasteiger partial charge on any atom is -0.481 e. The van der Waals surface area contributed by atoms with Crippen LogP contribution in [0.5, 0.6) is 0 Å². The fourth-order valence-corrected chi connectivity index (χ4v) is 2.01.